The molecule has 40 heavy (non-hydrogen) atoms. The van der Waals surface area contributed by atoms with Gasteiger partial charge in [0.2, 0.25) is 5.95 Å². The second-order valence-corrected chi connectivity index (χ2v) is 9.84. The molecular weight excluding hydrogens is 517 g/mol. The van der Waals surface area contributed by atoms with Crippen LogP contribution in [-0.2, 0) is 32.0 Å². The number of ether oxygens (including phenoxy) is 1. The van der Waals surface area contributed by atoms with Crippen molar-refractivity contribution in [1.82, 2.24) is 24.7 Å². The first kappa shape index (κ1) is 25.9. The van der Waals surface area contributed by atoms with Crippen LogP contribution in [0.3, 0.4) is 0 Å². The largest absolute Gasteiger partial charge is 0.495 e. The average molecular weight is 547 g/mol. The third-order valence-electron chi connectivity index (χ3n) is 7.62. The van der Waals surface area contributed by atoms with Gasteiger partial charge in [-0.25, -0.2) is 14.6 Å². The fourth-order valence-corrected chi connectivity index (χ4v) is 5.61. The summed E-state index contributed by atoms with van der Waals surface area (Å²) < 4.78 is 47.1. The van der Waals surface area contributed by atoms with E-state index in [9.17, 15) is 13.2 Å². The molecule has 0 fully saturated rings. The number of rotatable bonds is 6. The monoisotopic (exact) mass is 546 g/mol. The molecule has 0 aliphatic carbocycles. The Balaban J connectivity index is 1.55. The van der Waals surface area contributed by atoms with Gasteiger partial charge in [-0.1, -0.05) is 32.0 Å². The average Bonchev–Trinajstić information content (AvgIpc) is 3.61. The number of benzene rings is 2. The Bertz CT molecular complexity index is 1660. The first-order chi connectivity index (χ1) is 19.3. The molecule has 1 N–H and O–H groups in total. The molecule has 4 heterocycles. The van der Waals surface area contributed by atoms with Crippen LogP contribution in [0.4, 0.5) is 19.1 Å². The highest BCUT2D eigenvalue weighted by atomic mass is 19.4. The van der Waals surface area contributed by atoms with Gasteiger partial charge in [0.05, 0.1) is 35.3 Å². The van der Waals surface area contributed by atoms with Crippen LogP contribution in [0.25, 0.3) is 27.8 Å². The summed E-state index contributed by atoms with van der Waals surface area (Å²) in [6, 6.07) is 12.4. The fourth-order valence-electron chi connectivity index (χ4n) is 5.61. The fraction of sp³-hybridized carbons (Fsp3) is 0.300. The Kier molecular flexibility index (Phi) is 6.48. The number of anilines is 1. The van der Waals surface area contributed by atoms with E-state index < -0.39 is 11.7 Å². The van der Waals surface area contributed by atoms with Crippen molar-refractivity contribution in [3.8, 4) is 22.7 Å². The quantitative estimate of drug-likeness (QED) is 0.262. The molecular formula is C30H29F3N6O. The van der Waals surface area contributed by atoms with Crippen LogP contribution in [0, 0.1) is 0 Å². The Morgan fingerprint density at radius 2 is 1.73 bits per heavy atom. The molecule has 7 nitrogen and oxygen atoms in total. The zero-order chi connectivity index (χ0) is 28.0. The molecule has 0 atom stereocenters. The molecule has 1 aliphatic rings. The first-order valence-corrected chi connectivity index (χ1v) is 13.3. The SMILES string of the molecule is CCc1cccc(CC)c1-n1nc2c(c1-c1ccc(OC)c3[nH]ccc13)CN(c1ncc(C(F)(F)F)cn1)CC2. The Hall–Kier alpha value is -4.34. The zero-order valence-electron chi connectivity index (χ0n) is 22.5. The van der Waals surface area contributed by atoms with Crippen LogP contribution in [-0.4, -0.2) is 38.4 Å². The second kappa shape index (κ2) is 10.0. The van der Waals surface area contributed by atoms with Gasteiger partial charge in [0.15, 0.2) is 0 Å². The van der Waals surface area contributed by atoms with Crippen LogP contribution in [0.2, 0.25) is 0 Å². The lowest BCUT2D eigenvalue weighted by Gasteiger charge is -2.27. The molecule has 0 spiro atoms. The summed E-state index contributed by atoms with van der Waals surface area (Å²) >= 11 is 0. The maximum atomic E-state index is 13.1. The lowest BCUT2D eigenvalue weighted by atomic mass is 9.97. The van der Waals surface area contributed by atoms with E-state index >= 15 is 0 Å². The van der Waals surface area contributed by atoms with Crippen LogP contribution in [0.1, 0.15) is 41.8 Å². The third kappa shape index (κ3) is 4.27. The van der Waals surface area contributed by atoms with Gasteiger partial charge in [-0.05, 0) is 42.2 Å². The summed E-state index contributed by atoms with van der Waals surface area (Å²) in [5.41, 5.74) is 7.42. The number of H-pyrrole nitrogens is 1. The predicted molar refractivity (Wildman–Crippen MR) is 148 cm³/mol. The predicted octanol–water partition coefficient (Wildman–Crippen LogP) is 6.53. The van der Waals surface area contributed by atoms with E-state index in [0.29, 0.717) is 19.5 Å². The maximum absolute atomic E-state index is 13.1. The number of aryl methyl sites for hydroxylation is 2. The number of nitrogens with zero attached hydrogens (tertiary/aromatic N) is 5. The minimum absolute atomic E-state index is 0.266. The van der Waals surface area contributed by atoms with Crippen LogP contribution in [0.5, 0.6) is 5.75 Å². The van der Waals surface area contributed by atoms with Crippen molar-refractivity contribution in [1.29, 1.82) is 0 Å². The lowest BCUT2D eigenvalue weighted by Crippen LogP contribution is -2.31. The van der Waals surface area contributed by atoms with Gasteiger partial charge in [0.1, 0.15) is 5.75 Å². The normalized spacial score (nSPS) is 13.6. The number of nitrogens with one attached hydrogen (secondary N) is 1. The van der Waals surface area contributed by atoms with Crippen molar-refractivity contribution in [2.24, 2.45) is 0 Å². The van der Waals surface area contributed by atoms with Crippen molar-refractivity contribution in [2.45, 2.75) is 45.8 Å². The molecule has 0 unspecified atom stereocenters. The molecule has 206 valence electrons. The summed E-state index contributed by atoms with van der Waals surface area (Å²) in [5.74, 6) is 1.01. The van der Waals surface area contributed by atoms with Crippen LogP contribution in [0.15, 0.2) is 55.0 Å². The third-order valence-corrected chi connectivity index (χ3v) is 7.62. The van der Waals surface area contributed by atoms with E-state index in [1.807, 2.05) is 23.2 Å². The highest BCUT2D eigenvalue weighted by molar-refractivity contribution is 5.98. The Labute approximate surface area is 229 Å². The minimum atomic E-state index is -4.48. The van der Waals surface area contributed by atoms with E-state index in [1.165, 1.54) is 11.1 Å². The van der Waals surface area contributed by atoms with Crippen molar-refractivity contribution >= 4 is 16.9 Å². The van der Waals surface area contributed by atoms with Gasteiger partial charge in [0, 0.05) is 54.6 Å². The van der Waals surface area contributed by atoms with Gasteiger partial charge >= 0.3 is 6.18 Å². The number of hydrogen-bond acceptors (Lipinski definition) is 5. The molecule has 0 amide bonds. The molecule has 1 aliphatic heterocycles. The molecule has 0 radical (unpaired) electrons. The van der Waals surface area contributed by atoms with E-state index in [4.69, 9.17) is 9.84 Å². The smallest absolute Gasteiger partial charge is 0.419 e. The molecule has 10 heteroatoms. The molecule has 0 saturated heterocycles. The highest BCUT2D eigenvalue weighted by Gasteiger charge is 2.33. The minimum Gasteiger partial charge on any atom is -0.495 e. The summed E-state index contributed by atoms with van der Waals surface area (Å²) in [6.45, 7) is 5.25. The highest BCUT2D eigenvalue weighted by Crippen LogP contribution is 2.40. The lowest BCUT2D eigenvalue weighted by molar-refractivity contribution is -0.138. The summed E-state index contributed by atoms with van der Waals surface area (Å²) in [4.78, 5) is 13.4. The molecule has 6 rings (SSSR count). The van der Waals surface area contributed by atoms with Gasteiger partial charge in [0.25, 0.3) is 0 Å². The van der Waals surface area contributed by atoms with Crippen molar-refractivity contribution in [2.75, 3.05) is 18.6 Å². The second-order valence-electron chi connectivity index (χ2n) is 9.84. The van der Waals surface area contributed by atoms with Crippen LogP contribution < -0.4 is 9.64 Å². The topological polar surface area (TPSA) is 71.9 Å². The van der Waals surface area contributed by atoms with E-state index in [0.717, 1.165) is 70.1 Å². The number of alkyl halides is 3. The number of methoxy groups -OCH3 is 1. The maximum Gasteiger partial charge on any atom is 0.419 e. The summed E-state index contributed by atoms with van der Waals surface area (Å²) in [6.07, 6.45) is 1.41. The van der Waals surface area contributed by atoms with Gasteiger partial charge in [-0.2, -0.15) is 18.3 Å². The standard InChI is InChI=1S/C30H29F3N6O/c1-4-18-7-6-8-19(5-2)27(18)39-28(22-9-10-25(40-3)26-21(22)11-13-34-26)23-17-38(14-12-24(23)37-39)29-35-15-20(16-36-29)30(31,32)33/h6-11,13,15-16,34H,4-5,12,14,17H2,1-3H3. The number of aromatic amines is 1. The molecule has 0 bridgehead atoms. The van der Waals surface area contributed by atoms with Crippen molar-refractivity contribution in [3.63, 3.8) is 0 Å². The van der Waals surface area contributed by atoms with Gasteiger partial charge in [-0.15, -0.1) is 0 Å². The number of hydrogen-bond donors (Lipinski definition) is 1. The number of aromatic nitrogens is 5. The van der Waals surface area contributed by atoms with E-state index in [1.54, 1.807) is 7.11 Å². The molecule has 2 aromatic carbocycles. The van der Waals surface area contributed by atoms with Gasteiger partial charge in [-0.3, -0.25) is 0 Å². The molecule has 5 aromatic rings. The molecule has 0 saturated carbocycles. The molecule has 3 aromatic heterocycles. The number of para-hydroxylation sites is 1. The Morgan fingerprint density at radius 3 is 2.38 bits per heavy atom. The van der Waals surface area contributed by atoms with Crippen molar-refractivity contribution < 1.29 is 17.9 Å². The summed E-state index contributed by atoms with van der Waals surface area (Å²) in [7, 11) is 1.65. The number of halogens is 3. The van der Waals surface area contributed by atoms with Gasteiger partial charge < -0.3 is 14.6 Å². The number of fused-ring (bicyclic) bond motifs is 2. The van der Waals surface area contributed by atoms with Crippen LogP contribution >= 0.6 is 0 Å². The Morgan fingerprint density at radius 1 is 1.00 bits per heavy atom. The van der Waals surface area contributed by atoms with Crippen molar-refractivity contribution in [3.05, 3.63) is 82.9 Å². The summed E-state index contributed by atoms with van der Waals surface area (Å²) in [5, 5.41) is 6.18. The zero-order valence-corrected chi connectivity index (χ0v) is 22.5. The van der Waals surface area contributed by atoms with E-state index in [2.05, 4.69) is 57.7 Å². The first-order valence-electron chi connectivity index (χ1n) is 13.3. The van der Waals surface area contributed by atoms with E-state index in [-0.39, 0.29) is 5.95 Å².